The third-order valence-electron chi connectivity index (χ3n) is 5.45. The molecule has 2 atom stereocenters. The number of alkyl halides is 1. The van der Waals surface area contributed by atoms with Crippen molar-refractivity contribution < 1.29 is 28.3 Å². The highest BCUT2D eigenvalue weighted by molar-refractivity contribution is 6.62. The van der Waals surface area contributed by atoms with Crippen LogP contribution in [0, 0.1) is 0 Å². The number of carbonyl (C=O) groups is 1. The Labute approximate surface area is 153 Å². The van der Waals surface area contributed by atoms with E-state index >= 15 is 0 Å². The molecule has 1 aromatic rings. The molecule has 26 heavy (non-hydrogen) atoms. The van der Waals surface area contributed by atoms with E-state index < -0.39 is 36.7 Å². The largest absolute Gasteiger partial charge is 0.494 e. The number of carboxylic acid groups (broad SMARTS) is 1. The van der Waals surface area contributed by atoms with Gasteiger partial charge in [-0.25, -0.2) is 9.18 Å². The summed E-state index contributed by atoms with van der Waals surface area (Å²) in [6.07, 6.45) is -2.76. The van der Waals surface area contributed by atoms with Gasteiger partial charge in [-0.2, -0.15) is 0 Å². The van der Waals surface area contributed by atoms with Crippen LogP contribution in [0.1, 0.15) is 34.1 Å². The van der Waals surface area contributed by atoms with Gasteiger partial charge in [-0.3, -0.25) is 0 Å². The van der Waals surface area contributed by atoms with E-state index in [1.165, 1.54) is 0 Å². The molecule has 0 saturated carbocycles. The van der Waals surface area contributed by atoms with E-state index in [1.54, 1.807) is 12.1 Å². The van der Waals surface area contributed by atoms with Crippen LogP contribution in [-0.4, -0.2) is 59.8 Å². The molecule has 6 nitrogen and oxygen atoms in total. The number of rotatable bonds is 3. The van der Waals surface area contributed by atoms with Gasteiger partial charge in [-0.05, 0) is 45.3 Å². The molecular formula is C18H25BFNO5. The number of piperidine rings is 1. The molecule has 142 valence electrons. The van der Waals surface area contributed by atoms with Crippen molar-refractivity contribution in [2.75, 3.05) is 13.1 Å². The summed E-state index contributed by atoms with van der Waals surface area (Å²) in [4.78, 5) is 12.0. The smallest absolute Gasteiger partial charge is 0.487 e. The first kappa shape index (κ1) is 19.0. The van der Waals surface area contributed by atoms with Gasteiger partial charge in [0.05, 0.1) is 17.7 Å². The molecule has 1 N–H and O–H groups in total. The number of hydrogen-bond donors (Lipinski definition) is 1. The lowest BCUT2D eigenvalue weighted by atomic mass is 9.79. The predicted octanol–water partition coefficient (Wildman–Crippen LogP) is 2.46. The van der Waals surface area contributed by atoms with Crippen LogP contribution >= 0.6 is 0 Å². The molecule has 2 aliphatic rings. The first-order chi connectivity index (χ1) is 12.1. The molecule has 0 aliphatic carbocycles. The molecule has 2 heterocycles. The fraction of sp³-hybridized carbons (Fsp3) is 0.611. The normalized spacial score (nSPS) is 27.4. The van der Waals surface area contributed by atoms with Gasteiger partial charge in [0.2, 0.25) is 0 Å². The van der Waals surface area contributed by atoms with Gasteiger partial charge in [0.1, 0.15) is 11.9 Å². The van der Waals surface area contributed by atoms with Gasteiger partial charge in [-0.1, -0.05) is 12.1 Å². The van der Waals surface area contributed by atoms with E-state index in [2.05, 4.69) is 0 Å². The minimum absolute atomic E-state index is 0.161. The monoisotopic (exact) mass is 365 g/mol. The first-order valence-electron chi connectivity index (χ1n) is 8.83. The summed E-state index contributed by atoms with van der Waals surface area (Å²) in [5, 5.41) is 8.93. The zero-order valence-corrected chi connectivity index (χ0v) is 15.6. The minimum Gasteiger partial charge on any atom is -0.487 e. The number of amides is 1. The zero-order chi connectivity index (χ0) is 19.1. The number of halogens is 1. The molecule has 2 fully saturated rings. The maximum Gasteiger partial charge on any atom is 0.494 e. The van der Waals surface area contributed by atoms with Gasteiger partial charge >= 0.3 is 13.2 Å². The molecule has 0 aromatic heterocycles. The van der Waals surface area contributed by atoms with E-state index in [0.29, 0.717) is 12.2 Å². The fourth-order valence-electron chi connectivity index (χ4n) is 3.05. The molecule has 3 rings (SSSR count). The Morgan fingerprint density at radius 1 is 1.23 bits per heavy atom. The Morgan fingerprint density at radius 2 is 1.81 bits per heavy atom. The number of benzene rings is 1. The molecule has 1 aromatic carbocycles. The molecule has 2 aliphatic heterocycles. The van der Waals surface area contributed by atoms with Gasteiger partial charge < -0.3 is 24.1 Å². The SMILES string of the molecule is CC1(C)OB(c2ccc(O[C@H]3CCN(C(=O)O)C[C@@H]3F)cc2)OC1(C)C. The fourth-order valence-corrected chi connectivity index (χ4v) is 3.05. The lowest BCUT2D eigenvalue weighted by Gasteiger charge is -2.33. The van der Waals surface area contributed by atoms with Crippen molar-refractivity contribution >= 4 is 18.7 Å². The lowest BCUT2D eigenvalue weighted by Crippen LogP contribution is -2.48. The van der Waals surface area contributed by atoms with E-state index in [4.69, 9.17) is 19.2 Å². The van der Waals surface area contributed by atoms with E-state index in [1.807, 2.05) is 39.8 Å². The second kappa shape index (κ2) is 6.74. The average Bonchev–Trinajstić information content (AvgIpc) is 2.78. The van der Waals surface area contributed by atoms with E-state index in [9.17, 15) is 9.18 Å². The molecule has 0 bridgehead atoms. The van der Waals surface area contributed by atoms with Crippen LogP contribution in [0.25, 0.3) is 0 Å². The molecular weight excluding hydrogens is 340 g/mol. The summed E-state index contributed by atoms with van der Waals surface area (Å²) in [7, 11) is -0.457. The Morgan fingerprint density at radius 3 is 2.31 bits per heavy atom. The number of ether oxygens (including phenoxy) is 1. The van der Waals surface area contributed by atoms with Crippen LogP contribution in [0.2, 0.25) is 0 Å². The number of hydrogen-bond acceptors (Lipinski definition) is 4. The second-order valence-electron chi connectivity index (χ2n) is 7.85. The molecule has 1 amide bonds. The summed E-state index contributed by atoms with van der Waals surface area (Å²) in [5.41, 5.74) is 0.0483. The number of nitrogens with zero attached hydrogens (tertiary/aromatic N) is 1. The van der Waals surface area contributed by atoms with Gasteiger partial charge in [-0.15, -0.1) is 0 Å². The third-order valence-corrected chi connectivity index (χ3v) is 5.45. The summed E-state index contributed by atoms with van der Waals surface area (Å²) in [6.45, 7) is 8.09. The first-order valence-corrected chi connectivity index (χ1v) is 8.83. The zero-order valence-electron chi connectivity index (χ0n) is 15.6. The van der Waals surface area contributed by atoms with Crippen LogP contribution < -0.4 is 10.2 Å². The summed E-state index contributed by atoms with van der Waals surface area (Å²) in [6, 6.07) is 7.21. The molecule has 0 spiro atoms. The lowest BCUT2D eigenvalue weighted by molar-refractivity contribution is 0.00578. The van der Waals surface area contributed by atoms with Crippen LogP contribution in [0.4, 0.5) is 9.18 Å². The van der Waals surface area contributed by atoms with Gasteiger partial charge in [0, 0.05) is 13.0 Å². The van der Waals surface area contributed by atoms with Crippen LogP contribution in [0.15, 0.2) is 24.3 Å². The average molecular weight is 365 g/mol. The standard InChI is InChI=1S/C18H25BFNO5/c1-17(2)18(3,4)26-19(25-17)12-5-7-13(8-6-12)24-15-9-10-21(16(22)23)11-14(15)20/h5-8,14-15H,9-11H2,1-4H3,(H,22,23)/t14-,15-/m0/s1. The van der Waals surface area contributed by atoms with Gasteiger partial charge in [0.15, 0.2) is 6.17 Å². The predicted molar refractivity (Wildman–Crippen MR) is 95.7 cm³/mol. The van der Waals surface area contributed by atoms with Crippen LogP contribution in [0.5, 0.6) is 5.75 Å². The highest BCUT2D eigenvalue weighted by Gasteiger charge is 2.51. The molecule has 0 unspecified atom stereocenters. The van der Waals surface area contributed by atoms with Crippen molar-refractivity contribution in [3.63, 3.8) is 0 Å². The maximum atomic E-state index is 14.2. The maximum absolute atomic E-state index is 14.2. The quantitative estimate of drug-likeness (QED) is 0.834. The van der Waals surface area contributed by atoms with E-state index in [0.717, 1.165) is 10.4 Å². The van der Waals surface area contributed by atoms with E-state index in [-0.39, 0.29) is 13.1 Å². The number of likely N-dealkylation sites (tertiary alicyclic amines) is 1. The summed E-state index contributed by atoms with van der Waals surface area (Å²) >= 11 is 0. The Kier molecular flexibility index (Phi) is 4.92. The minimum atomic E-state index is -1.34. The Hall–Kier alpha value is -1.80. The molecule has 0 radical (unpaired) electrons. The van der Waals surface area contributed by atoms with Crippen molar-refractivity contribution in [3.8, 4) is 5.75 Å². The third kappa shape index (κ3) is 3.66. The Balaban J connectivity index is 1.62. The van der Waals surface area contributed by atoms with Crippen molar-refractivity contribution in [2.45, 2.75) is 57.6 Å². The highest BCUT2D eigenvalue weighted by atomic mass is 19.1. The second-order valence-corrected chi connectivity index (χ2v) is 7.85. The van der Waals surface area contributed by atoms with Crippen molar-refractivity contribution in [1.82, 2.24) is 4.90 Å². The van der Waals surface area contributed by atoms with Crippen LogP contribution in [0.3, 0.4) is 0 Å². The van der Waals surface area contributed by atoms with Gasteiger partial charge in [0.25, 0.3) is 0 Å². The topological polar surface area (TPSA) is 68.2 Å². The van der Waals surface area contributed by atoms with Crippen molar-refractivity contribution in [3.05, 3.63) is 24.3 Å². The highest BCUT2D eigenvalue weighted by Crippen LogP contribution is 2.36. The molecule has 8 heteroatoms. The summed E-state index contributed by atoms with van der Waals surface area (Å²) in [5.74, 6) is 0.543. The van der Waals surface area contributed by atoms with Crippen LogP contribution in [-0.2, 0) is 9.31 Å². The van der Waals surface area contributed by atoms with Crippen molar-refractivity contribution in [2.24, 2.45) is 0 Å². The van der Waals surface area contributed by atoms with Crippen molar-refractivity contribution in [1.29, 1.82) is 0 Å². The Bertz CT molecular complexity index is 650. The molecule has 2 saturated heterocycles. The summed E-state index contributed by atoms with van der Waals surface area (Å²) < 4.78 is 31.9.